The molecular formula is C23H24O2P-. The third-order valence-corrected chi connectivity index (χ3v) is 7.02. The summed E-state index contributed by atoms with van der Waals surface area (Å²) in [7, 11) is -0.508. The predicted octanol–water partition coefficient (Wildman–Crippen LogP) is 3.13. The van der Waals surface area contributed by atoms with E-state index in [2.05, 4.69) is 93.6 Å². The van der Waals surface area contributed by atoms with Gasteiger partial charge in [0, 0.05) is 5.97 Å². The van der Waals surface area contributed by atoms with Crippen LogP contribution < -0.4 is 21.0 Å². The van der Waals surface area contributed by atoms with E-state index in [0.717, 1.165) is 6.92 Å². The van der Waals surface area contributed by atoms with Gasteiger partial charge in [-0.05, 0) is 68.2 Å². The number of rotatable bonds is 3. The van der Waals surface area contributed by atoms with Gasteiger partial charge in [-0.15, -0.1) is 0 Å². The van der Waals surface area contributed by atoms with E-state index in [1.165, 1.54) is 32.6 Å². The van der Waals surface area contributed by atoms with Crippen LogP contribution in [0, 0.1) is 20.8 Å². The smallest absolute Gasteiger partial charge is 0.0383 e. The Hall–Kier alpha value is -2.44. The first-order valence-corrected chi connectivity index (χ1v) is 9.90. The van der Waals surface area contributed by atoms with Crippen LogP contribution in [0.3, 0.4) is 0 Å². The van der Waals surface area contributed by atoms with Crippen molar-refractivity contribution in [1.82, 2.24) is 0 Å². The van der Waals surface area contributed by atoms with E-state index in [9.17, 15) is 0 Å². The maximum absolute atomic E-state index is 8.89. The highest BCUT2D eigenvalue weighted by Gasteiger charge is 2.20. The van der Waals surface area contributed by atoms with Gasteiger partial charge in [0.05, 0.1) is 0 Å². The molecule has 0 bridgehead atoms. The Balaban J connectivity index is 0.000000552. The van der Waals surface area contributed by atoms with Crippen molar-refractivity contribution in [2.45, 2.75) is 27.7 Å². The van der Waals surface area contributed by atoms with E-state index in [4.69, 9.17) is 9.90 Å². The molecule has 0 aliphatic heterocycles. The molecule has 0 amide bonds. The Kier molecular flexibility index (Phi) is 7.12. The molecule has 0 N–H and O–H groups in total. The first kappa shape index (κ1) is 19.9. The highest BCUT2D eigenvalue weighted by molar-refractivity contribution is 7.80. The zero-order valence-electron chi connectivity index (χ0n) is 15.7. The number of hydrogen-bond donors (Lipinski definition) is 0. The summed E-state index contributed by atoms with van der Waals surface area (Å²) in [5.74, 6) is -1.08. The average molecular weight is 363 g/mol. The van der Waals surface area contributed by atoms with Crippen LogP contribution in [-0.4, -0.2) is 5.97 Å². The molecule has 0 unspecified atom stereocenters. The molecular weight excluding hydrogens is 339 g/mol. The summed E-state index contributed by atoms with van der Waals surface area (Å²) >= 11 is 0. The van der Waals surface area contributed by atoms with Crippen molar-refractivity contribution in [2.24, 2.45) is 0 Å². The van der Waals surface area contributed by atoms with E-state index in [1.807, 2.05) is 0 Å². The zero-order valence-corrected chi connectivity index (χ0v) is 16.6. The molecule has 0 heterocycles. The van der Waals surface area contributed by atoms with Crippen molar-refractivity contribution in [3.05, 3.63) is 89.5 Å². The fraction of sp³-hybridized carbons (Fsp3) is 0.174. The molecule has 3 heteroatoms. The van der Waals surface area contributed by atoms with E-state index < -0.39 is 13.9 Å². The van der Waals surface area contributed by atoms with Crippen molar-refractivity contribution in [1.29, 1.82) is 0 Å². The number of aliphatic carboxylic acids is 1. The summed E-state index contributed by atoms with van der Waals surface area (Å²) in [6.45, 7) is 7.64. The van der Waals surface area contributed by atoms with Gasteiger partial charge in [0.15, 0.2) is 0 Å². The minimum Gasteiger partial charge on any atom is -0.550 e. The Morgan fingerprint density at radius 1 is 0.654 bits per heavy atom. The first-order valence-electron chi connectivity index (χ1n) is 8.56. The van der Waals surface area contributed by atoms with Crippen LogP contribution in [0.15, 0.2) is 72.8 Å². The molecule has 0 saturated carbocycles. The summed E-state index contributed by atoms with van der Waals surface area (Å²) < 4.78 is 0. The fourth-order valence-electron chi connectivity index (χ4n) is 2.83. The molecule has 3 rings (SSSR count). The van der Waals surface area contributed by atoms with E-state index >= 15 is 0 Å². The number of carboxylic acid groups (broad SMARTS) is 1. The lowest BCUT2D eigenvalue weighted by molar-refractivity contribution is -0.302. The summed E-state index contributed by atoms with van der Waals surface area (Å²) in [5, 5.41) is 13.3. The van der Waals surface area contributed by atoms with Crippen LogP contribution in [0.4, 0.5) is 0 Å². The second-order valence-corrected chi connectivity index (χ2v) is 8.30. The number of carbonyl (C=O) groups is 1. The lowest BCUT2D eigenvalue weighted by Crippen LogP contribution is -2.25. The zero-order chi connectivity index (χ0) is 19.1. The molecule has 0 aliphatic carbocycles. The van der Waals surface area contributed by atoms with Gasteiger partial charge in [0.1, 0.15) is 0 Å². The van der Waals surface area contributed by atoms with Crippen LogP contribution in [0.2, 0.25) is 0 Å². The van der Waals surface area contributed by atoms with Crippen molar-refractivity contribution >= 4 is 29.8 Å². The quantitative estimate of drug-likeness (QED) is 0.671. The third kappa shape index (κ3) is 5.03. The van der Waals surface area contributed by atoms with Gasteiger partial charge in [-0.25, -0.2) is 0 Å². The lowest BCUT2D eigenvalue weighted by Gasteiger charge is -2.24. The van der Waals surface area contributed by atoms with E-state index in [-0.39, 0.29) is 0 Å². The van der Waals surface area contributed by atoms with Gasteiger partial charge < -0.3 is 9.90 Å². The molecule has 3 aromatic rings. The molecule has 0 atom stereocenters. The Labute approximate surface area is 157 Å². The molecule has 0 saturated heterocycles. The average Bonchev–Trinajstić information content (AvgIpc) is 2.59. The fourth-order valence-corrected chi connectivity index (χ4v) is 5.60. The maximum Gasteiger partial charge on any atom is 0.0383 e. The maximum atomic E-state index is 8.89. The molecule has 26 heavy (non-hydrogen) atoms. The summed E-state index contributed by atoms with van der Waals surface area (Å²) in [5.41, 5.74) is 4.13. The van der Waals surface area contributed by atoms with Gasteiger partial charge >= 0.3 is 0 Å². The Morgan fingerprint density at radius 3 is 1.12 bits per heavy atom. The summed E-state index contributed by atoms with van der Waals surface area (Å²) in [4.78, 5) is 8.89. The predicted molar refractivity (Wildman–Crippen MR) is 110 cm³/mol. The lowest BCUT2D eigenvalue weighted by atomic mass is 10.2. The molecule has 3 aromatic carbocycles. The summed E-state index contributed by atoms with van der Waals surface area (Å²) in [6, 6.07) is 26.4. The van der Waals surface area contributed by atoms with Crippen LogP contribution >= 0.6 is 7.92 Å². The normalized spacial score (nSPS) is 10.2. The minimum atomic E-state index is -1.08. The molecule has 0 aliphatic rings. The van der Waals surface area contributed by atoms with Gasteiger partial charge in [0.2, 0.25) is 0 Å². The number of carbonyl (C=O) groups excluding carboxylic acids is 1. The van der Waals surface area contributed by atoms with Crippen LogP contribution in [-0.2, 0) is 4.79 Å². The topological polar surface area (TPSA) is 40.1 Å². The monoisotopic (exact) mass is 363 g/mol. The van der Waals surface area contributed by atoms with Gasteiger partial charge in [0.25, 0.3) is 0 Å². The molecule has 0 spiro atoms. The van der Waals surface area contributed by atoms with Gasteiger partial charge in [-0.2, -0.15) is 0 Å². The number of hydrogen-bond acceptors (Lipinski definition) is 2. The van der Waals surface area contributed by atoms with E-state index in [1.54, 1.807) is 0 Å². The Bertz CT molecular complexity index is 774. The molecule has 134 valence electrons. The molecule has 0 aromatic heterocycles. The third-order valence-electron chi connectivity index (χ3n) is 4.07. The Morgan fingerprint density at radius 2 is 0.885 bits per heavy atom. The highest BCUT2D eigenvalue weighted by atomic mass is 31.1. The standard InChI is InChI=1S/C21H21P.C2H4O2/c1-16-10-4-7-13-19(16)22(20-14-8-5-11-17(20)2)21-15-9-6-12-18(21)3;1-2(3)4/h4-15H,1-3H3;1H3,(H,3,4)/p-1. The minimum absolute atomic E-state index is 0.508. The van der Waals surface area contributed by atoms with Crippen molar-refractivity contribution in [3.63, 3.8) is 0 Å². The van der Waals surface area contributed by atoms with Gasteiger partial charge in [-0.3, -0.25) is 0 Å². The molecule has 0 radical (unpaired) electrons. The van der Waals surface area contributed by atoms with Gasteiger partial charge in [-0.1, -0.05) is 72.8 Å². The van der Waals surface area contributed by atoms with Crippen LogP contribution in [0.1, 0.15) is 23.6 Å². The second kappa shape index (κ2) is 9.31. The summed E-state index contributed by atoms with van der Waals surface area (Å²) in [6.07, 6.45) is 0. The second-order valence-electron chi connectivity index (χ2n) is 6.19. The highest BCUT2D eigenvalue weighted by Crippen LogP contribution is 2.36. The van der Waals surface area contributed by atoms with Crippen molar-refractivity contribution < 1.29 is 9.90 Å². The first-order chi connectivity index (χ1) is 12.4. The van der Waals surface area contributed by atoms with Crippen molar-refractivity contribution in [2.75, 3.05) is 0 Å². The molecule has 0 fully saturated rings. The molecule has 2 nitrogen and oxygen atoms in total. The number of benzene rings is 3. The largest absolute Gasteiger partial charge is 0.550 e. The van der Waals surface area contributed by atoms with Crippen LogP contribution in [0.5, 0.6) is 0 Å². The number of aryl methyl sites for hydroxylation is 3. The van der Waals surface area contributed by atoms with Crippen LogP contribution in [0.25, 0.3) is 0 Å². The van der Waals surface area contributed by atoms with Crippen molar-refractivity contribution in [3.8, 4) is 0 Å². The number of carboxylic acids is 1. The van der Waals surface area contributed by atoms with E-state index in [0.29, 0.717) is 0 Å². The SMILES string of the molecule is CC(=O)[O-].Cc1ccccc1P(c1ccccc1C)c1ccccc1C.